The third-order valence-electron chi connectivity index (χ3n) is 4.86. The van der Waals surface area contributed by atoms with Crippen molar-refractivity contribution < 1.29 is 9.47 Å². The molecular formula is C20H19Cl3N4O2. The monoisotopic (exact) mass is 452 g/mol. The van der Waals surface area contributed by atoms with Crippen LogP contribution in [0.3, 0.4) is 0 Å². The van der Waals surface area contributed by atoms with Crippen LogP contribution in [-0.2, 0) is 0 Å². The smallest absolute Gasteiger partial charge is 0.165 e. The van der Waals surface area contributed by atoms with Gasteiger partial charge >= 0.3 is 0 Å². The molecule has 1 aromatic carbocycles. The molecular weight excluding hydrogens is 435 g/mol. The second-order valence-corrected chi connectivity index (χ2v) is 8.84. The quantitative estimate of drug-likeness (QED) is 0.485. The van der Waals surface area contributed by atoms with Gasteiger partial charge in [0.1, 0.15) is 22.5 Å². The lowest BCUT2D eigenvalue weighted by molar-refractivity contribution is 0.275. The number of fused-ring (bicyclic) bond motifs is 1. The van der Waals surface area contributed by atoms with Crippen LogP contribution in [0.1, 0.15) is 13.8 Å². The Kier molecular flexibility index (Phi) is 5.13. The van der Waals surface area contributed by atoms with Gasteiger partial charge in [0.15, 0.2) is 5.82 Å². The molecule has 3 aromatic rings. The summed E-state index contributed by atoms with van der Waals surface area (Å²) in [4.78, 5) is 15.8. The van der Waals surface area contributed by atoms with E-state index in [0.717, 1.165) is 24.3 Å². The summed E-state index contributed by atoms with van der Waals surface area (Å²) >= 11 is 19.3. The molecule has 152 valence electrons. The molecule has 0 bridgehead atoms. The van der Waals surface area contributed by atoms with Gasteiger partial charge in [0.05, 0.1) is 41.5 Å². The van der Waals surface area contributed by atoms with Crippen LogP contribution in [0.4, 0.5) is 5.82 Å². The van der Waals surface area contributed by atoms with Crippen molar-refractivity contribution in [2.24, 2.45) is 5.41 Å². The molecule has 2 aromatic heterocycles. The van der Waals surface area contributed by atoms with Gasteiger partial charge in [-0.25, -0.2) is 15.0 Å². The fourth-order valence-electron chi connectivity index (χ4n) is 3.56. The summed E-state index contributed by atoms with van der Waals surface area (Å²) in [5, 5.41) is 1.84. The van der Waals surface area contributed by atoms with E-state index in [9.17, 15) is 0 Å². The number of nitrogens with zero attached hydrogens (tertiary/aromatic N) is 4. The topological polar surface area (TPSA) is 60.4 Å². The van der Waals surface area contributed by atoms with Crippen molar-refractivity contribution >= 4 is 51.5 Å². The van der Waals surface area contributed by atoms with E-state index in [2.05, 4.69) is 28.7 Å². The van der Waals surface area contributed by atoms with Crippen molar-refractivity contribution in [3.8, 4) is 22.9 Å². The van der Waals surface area contributed by atoms with Crippen LogP contribution in [-0.4, -0.2) is 42.3 Å². The average molecular weight is 454 g/mol. The Balaban J connectivity index is 1.98. The number of hydrogen-bond acceptors (Lipinski definition) is 6. The van der Waals surface area contributed by atoms with E-state index >= 15 is 0 Å². The van der Waals surface area contributed by atoms with Crippen molar-refractivity contribution in [1.82, 2.24) is 15.0 Å². The largest absolute Gasteiger partial charge is 0.495 e. The third kappa shape index (κ3) is 3.54. The van der Waals surface area contributed by atoms with Gasteiger partial charge in [0, 0.05) is 24.5 Å². The second-order valence-electron chi connectivity index (χ2n) is 7.70. The van der Waals surface area contributed by atoms with Crippen molar-refractivity contribution in [2.75, 3.05) is 32.2 Å². The molecule has 29 heavy (non-hydrogen) atoms. The van der Waals surface area contributed by atoms with Gasteiger partial charge in [-0.1, -0.05) is 48.7 Å². The summed E-state index contributed by atoms with van der Waals surface area (Å²) < 4.78 is 10.8. The molecule has 1 saturated heterocycles. The first-order valence-corrected chi connectivity index (χ1v) is 10.1. The predicted molar refractivity (Wildman–Crippen MR) is 117 cm³/mol. The first-order valence-electron chi connectivity index (χ1n) is 8.92. The minimum atomic E-state index is 0.211. The number of methoxy groups -OCH3 is 2. The second kappa shape index (κ2) is 7.35. The van der Waals surface area contributed by atoms with Crippen molar-refractivity contribution in [1.29, 1.82) is 0 Å². The Labute approximate surface area is 183 Å². The Hall–Kier alpha value is -2.02. The highest BCUT2D eigenvalue weighted by Crippen LogP contribution is 2.46. The lowest BCUT2D eigenvalue weighted by Gasteiger charge is -2.46. The maximum Gasteiger partial charge on any atom is 0.165 e. The minimum Gasteiger partial charge on any atom is -0.495 e. The highest BCUT2D eigenvalue weighted by molar-refractivity contribution is 6.41. The predicted octanol–water partition coefficient (Wildman–Crippen LogP) is 5.52. The molecule has 0 aliphatic carbocycles. The maximum atomic E-state index is 6.58. The standard InChI is InChI=1S/C20H19Cl3N4O2/c1-20(2)8-27(9-20)19-10-5-14(21)24-7-11(10)25-18(26-19)15-16(22)12(28-3)6-13(29-4)17(15)23/h5-7H,8-9H2,1-4H3. The minimum absolute atomic E-state index is 0.211. The third-order valence-corrected chi connectivity index (χ3v) is 5.82. The lowest BCUT2D eigenvalue weighted by Crippen LogP contribution is -2.53. The van der Waals surface area contributed by atoms with Gasteiger partial charge in [0.25, 0.3) is 0 Å². The summed E-state index contributed by atoms with van der Waals surface area (Å²) in [6.45, 7) is 6.15. The lowest BCUT2D eigenvalue weighted by atomic mass is 9.84. The molecule has 9 heteroatoms. The zero-order valence-electron chi connectivity index (χ0n) is 16.4. The molecule has 0 amide bonds. The van der Waals surface area contributed by atoms with Crippen LogP contribution in [0.5, 0.6) is 11.5 Å². The molecule has 0 atom stereocenters. The fraction of sp³-hybridized carbons (Fsp3) is 0.350. The van der Waals surface area contributed by atoms with Crippen LogP contribution in [0.25, 0.3) is 22.3 Å². The number of rotatable bonds is 4. The van der Waals surface area contributed by atoms with E-state index < -0.39 is 0 Å². The normalized spacial score (nSPS) is 15.3. The summed E-state index contributed by atoms with van der Waals surface area (Å²) in [7, 11) is 3.05. The van der Waals surface area contributed by atoms with Crippen molar-refractivity contribution in [3.63, 3.8) is 0 Å². The molecule has 1 aliphatic rings. The van der Waals surface area contributed by atoms with Gasteiger partial charge in [-0.2, -0.15) is 0 Å². The van der Waals surface area contributed by atoms with Crippen LogP contribution in [0.2, 0.25) is 15.2 Å². The molecule has 0 radical (unpaired) electrons. The summed E-state index contributed by atoms with van der Waals surface area (Å²) in [6.07, 6.45) is 1.62. The van der Waals surface area contributed by atoms with Crippen LogP contribution >= 0.6 is 34.8 Å². The molecule has 6 nitrogen and oxygen atoms in total. The zero-order valence-corrected chi connectivity index (χ0v) is 18.7. The van der Waals surface area contributed by atoms with Crippen LogP contribution in [0.15, 0.2) is 18.3 Å². The Morgan fingerprint density at radius 2 is 1.59 bits per heavy atom. The number of anilines is 1. The summed E-state index contributed by atoms with van der Waals surface area (Å²) in [5.41, 5.74) is 1.30. The van der Waals surface area contributed by atoms with Crippen molar-refractivity contribution in [2.45, 2.75) is 13.8 Å². The van der Waals surface area contributed by atoms with Crippen LogP contribution in [0, 0.1) is 5.41 Å². The molecule has 1 fully saturated rings. The SMILES string of the molecule is COc1cc(OC)c(Cl)c(-c2nc(N3CC(C)(C)C3)c3cc(Cl)ncc3n2)c1Cl. The van der Waals surface area contributed by atoms with E-state index in [4.69, 9.17) is 49.3 Å². The Bertz CT molecular complexity index is 1080. The van der Waals surface area contributed by atoms with Gasteiger partial charge in [-0.15, -0.1) is 0 Å². The molecule has 0 spiro atoms. The fourth-order valence-corrected chi connectivity index (χ4v) is 4.39. The number of benzene rings is 1. The molecule has 3 heterocycles. The number of hydrogen-bond donors (Lipinski definition) is 0. The number of pyridine rings is 1. The Morgan fingerprint density at radius 1 is 0.966 bits per heavy atom. The van der Waals surface area contributed by atoms with E-state index in [1.54, 1.807) is 18.3 Å². The number of ether oxygens (including phenoxy) is 2. The van der Waals surface area contributed by atoms with E-state index in [0.29, 0.717) is 43.6 Å². The Morgan fingerprint density at radius 3 is 2.14 bits per heavy atom. The molecule has 4 rings (SSSR count). The van der Waals surface area contributed by atoms with Crippen molar-refractivity contribution in [3.05, 3.63) is 33.5 Å². The molecule has 1 aliphatic heterocycles. The summed E-state index contributed by atoms with van der Waals surface area (Å²) in [6, 6.07) is 3.41. The molecule has 0 N–H and O–H groups in total. The molecule has 0 unspecified atom stereocenters. The maximum absolute atomic E-state index is 6.58. The van der Waals surface area contributed by atoms with E-state index in [-0.39, 0.29) is 5.41 Å². The molecule has 0 saturated carbocycles. The van der Waals surface area contributed by atoms with Gasteiger partial charge in [0.2, 0.25) is 0 Å². The van der Waals surface area contributed by atoms with Gasteiger partial charge in [-0.3, -0.25) is 0 Å². The summed E-state index contributed by atoms with van der Waals surface area (Å²) in [5.74, 6) is 1.98. The first kappa shape index (κ1) is 20.3. The van der Waals surface area contributed by atoms with E-state index in [1.165, 1.54) is 14.2 Å². The van der Waals surface area contributed by atoms with Gasteiger partial charge in [-0.05, 0) is 11.5 Å². The number of aromatic nitrogens is 3. The average Bonchev–Trinajstić information content (AvgIpc) is 2.66. The van der Waals surface area contributed by atoms with E-state index in [1.807, 2.05) is 0 Å². The highest BCUT2D eigenvalue weighted by Gasteiger charge is 2.36. The zero-order chi connectivity index (χ0) is 20.9. The number of halogens is 3. The first-order chi connectivity index (χ1) is 13.7. The highest BCUT2D eigenvalue weighted by atomic mass is 35.5. The van der Waals surface area contributed by atoms with Gasteiger partial charge < -0.3 is 14.4 Å². The van der Waals surface area contributed by atoms with Crippen LogP contribution < -0.4 is 14.4 Å².